The first-order valence-corrected chi connectivity index (χ1v) is 6.17. The zero-order chi connectivity index (χ0) is 10.2. The van der Waals surface area contributed by atoms with Crippen LogP contribution in [0.5, 0.6) is 0 Å². The van der Waals surface area contributed by atoms with Gasteiger partial charge in [0.15, 0.2) is 0 Å². The fourth-order valence-corrected chi connectivity index (χ4v) is 2.06. The van der Waals surface area contributed by atoms with Crippen molar-refractivity contribution in [2.45, 2.75) is 13.3 Å². The molecule has 14 heavy (non-hydrogen) atoms. The molecule has 0 amide bonds. The molecule has 1 aromatic rings. The van der Waals surface area contributed by atoms with Crippen LogP contribution in [0.2, 0.25) is 0 Å². The van der Waals surface area contributed by atoms with Crippen LogP contribution in [0.3, 0.4) is 0 Å². The van der Waals surface area contributed by atoms with Crippen molar-refractivity contribution in [2.24, 2.45) is 0 Å². The smallest absolute Gasteiger partial charge is 0.133 e. The second-order valence-corrected chi connectivity index (χ2v) is 4.82. The van der Waals surface area contributed by atoms with Gasteiger partial charge in [0.1, 0.15) is 4.32 Å². The Morgan fingerprint density at radius 2 is 2.07 bits per heavy atom. The van der Waals surface area contributed by atoms with Crippen molar-refractivity contribution < 1.29 is 0 Å². The fraction of sp³-hybridized carbons (Fsp3) is 0.364. The van der Waals surface area contributed by atoms with E-state index in [1.165, 1.54) is 5.56 Å². The van der Waals surface area contributed by atoms with E-state index in [4.69, 9.17) is 12.2 Å². The van der Waals surface area contributed by atoms with Crippen LogP contribution in [0.15, 0.2) is 30.3 Å². The van der Waals surface area contributed by atoms with Gasteiger partial charge in [-0.3, -0.25) is 0 Å². The lowest BCUT2D eigenvalue weighted by Gasteiger charge is -2.05. The number of benzene rings is 1. The minimum Gasteiger partial charge on any atom is -0.371 e. The van der Waals surface area contributed by atoms with Crippen LogP contribution in [0.25, 0.3) is 0 Å². The number of thioether (sulfide) groups is 1. The van der Waals surface area contributed by atoms with Gasteiger partial charge in [-0.05, 0) is 17.7 Å². The third-order valence-corrected chi connectivity index (χ3v) is 2.99. The maximum atomic E-state index is 5.12. The average Bonchev–Trinajstić information content (AvgIpc) is 2.20. The summed E-state index contributed by atoms with van der Waals surface area (Å²) in [6.45, 7) is 3.03. The Labute approximate surface area is 95.3 Å². The number of hydrogen-bond acceptors (Lipinski definition) is 2. The van der Waals surface area contributed by atoms with Crippen LogP contribution >= 0.6 is 24.0 Å². The number of thiocarbonyl (C=S) groups is 1. The summed E-state index contributed by atoms with van der Waals surface area (Å²) in [5.74, 6) is 1.04. The van der Waals surface area contributed by atoms with Crippen molar-refractivity contribution in [1.29, 1.82) is 0 Å². The van der Waals surface area contributed by atoms with Gasteiger partial charge >= 0.3 is 0 Å². The summed E-state index contributed by atoms with van der Waals surface area (Å²) >= 11 is 6.81. The van der Waals surface area contributed by atoms with Crippen LogP contribution in [0, 0.1) is 0 Å². The summed E-state index contributed by atoms with van der Waals surface area (Å²) in [4.78, 5) is 0. The Bertz CT molecular complexity index is 272. The van der Waals surface area contributed by atoms with Gasteiger partial charge in [0.05, 0.1) is 0 Å². The van der Waals surface area contributed by atoms with E-state index in [0.29, 0.717) is 0 Å². The summed E-state index contributed by atoms with van der Waals surface area (Å²) in [5.41, 5.74) is 1.35. The number of rotatable bonds is 4. The molecule has 1 aromatic carbocycles. The molecule has 0 bridgehead atoms. The molecule has 0 aliphatic heterocycles. The summed E-state index contributed by atoms with van der Waals surface area (Å²) in [6, 6.07) is 10.4. The summed E-state index contributed by atoms with van der Waals surface area (Å²) in [6.07, 6.45) is 1.03. The monoisotopic (exact) mass is 225 g/mol. The highest BCUT2D eigenvalue weighted by Crippen LogP contribution is 2.01. The largest absolute Gasteiger partial charge is 0.371 e. The Hall–Kier alpha value is -0.540. The predicted molar refractivity (Wildman–Crippen MR) is 68.9 cm³/mol. The molecule has 1 rings (SSSR count). The van der Waals surface area contributed by atoms with E-state index in [2.05, 4.69) is 36.5 Å². The van der Waals surface area contributed by atoms with Gasteiger partial charge < -0.3 is 5.32 Å². The van der Waals surface area contributed by atoms with Crippen molar-refractivity contribution in [3.63, 3.8) is 0 Å². The standard InChI is InChI=1S/C11H15NS2/c1-2-14-11(13)12-9-8-10-6-4-3-5-7-10/h3-7H,2,8-9H2,1H3,(H,12,13). The van der Waals surface area contributed by atoms with Crippen LogP contribution in [-0.2, 0) is 6.42 Å². The van der Waals surface area contributed by atoms with Crippen LogP contribution in [0.1, 0.15) is 12.5 Å². The van der Waals surface area contributed by atoms with E-state index in [0.717, 1.165) is 23.0 Å². The zero-order valence-electron chi connectivity index (χ0n) is 8.32. The zero-order valence-corrected chi connectivity index (χ0v) is 9.96. The summed E-state index contributed by atoms with van der Waals surface area (Å²) < 4.78 is 0.906. The molecule has 0 aliphatic carbocycles. The normalized spacial score (nSPS) is 9.79. The van der Waals surface area contributed by atoms with Crippen molar-refractivity contribution >= 4 is 28.3 Å². The van der Waals surface area contributed by atoms with E-state index in [9.17, 15) is 0 Å². The molecule has 0 radical (unpaired) electrons. The second-order valence-electron chi connectivity index (χ2n) is 2.88. The maximum absolute atomic E-state index is 5.12. The molecule has 0 fully saturated rings. The molecule has 1 N–H and O–H groups in total. The molecule has 0 spiro atoms. The molecule has 0 saturated heterocycles. The topological polar surface area (TPSA) is 12.0 Å². The molecular formula is C11H15NS2. The van der Waals surface area contributed by atoms with Crippen LogP contribution in [-0.4, -0.2) is 16.6 Å². The minimum absolute atomic E-state index is 0.906. The highest BCUT2D eigenvalue weighted by atomic mass is 32.2. The molecule has 1 nitrogen and oxygen atoms in total. The molecule has 0 aromatic heterocycles. The van der Waals surface area contributed by atoms with Gasteiger partial charge in [0, 0.05) is 6.54 Å². The van der Waals surface area contributed by atoms with E-state index in [1.54, 1.807) is 11.8 Å². The molecular weight excluding hydrogens is 210 g/mol. The van der Waals surface area contributed by atoms with Gasteiger partial charge in [-0.25, -0.2) is 0 Å². The van der Waals surface area contributed by atoms with Gasteiger partial charge in [-0.1, -0.05) is 61.2 Å². The average molecular weight is 225 g/mol. The first kappa shape index (κ1) is 11.5. The molecule has 0 unspecified atom stereocenters. The highest BCUT2D eigenvalue weighted by Gasteiger charge is 1.94. The first-order chi connectivity index (χ1) is 6.83. The van der Waals surface area contributed by atoms with Crippen molar-refractivity contribution in [2.75, 3.05) is 12.3 Å². The van der Waals surface area contributed by atoms with Gasteiger partial charge in [0.25, 0.3) is 0 Å². The Morgan fingerprint density at radius 3 is 2.71 bits per heavy atom. The maximum Gasteiger partial charge on any atom is 0.133 e. The lowest BCUT2D eigenvalue weighted by molar-refractivity contribution is 0.882. The second kappa shape index (κ2) is 6.85. The Kier molecular flexibility index (Phi) is 5.64. The molecule has 0 saturated carbocycles. The molecule has 76 valence electrons. The van der Waals surface area contributed by atoms with E-state index in [1.807, 2.05) is 6.07 Å². The van der Waals surface area contributed by atoms with Crippen molar-refractivity contribution in [1.82, 2.24) is 5.32 Å². The molecule has 0 heterocycles. The lowest BCUT2D eigenvalue weighted by Crippen LogP contribution is -2.21. The highest BCUT2D eigenvalue weighted by molar-refractivity contribution is 8.22. The third kappa shape index (κ3) is 4.63. The van der Waals surface area contributed by atoms with Crippen LogP contribution < -0.4 is 5.32 Å². The van der Waals surface area contributed by atoms with Crippen molar-refractivity contribution in [3.05, 3.63) is 35.9 Å². The SMILES string of the molecule is CCSC(=S)NCCc1ccccc1. The quantitative estimate of drug-likeness (QED) is 0.791. The number of hydrogen-bond donors (Lipinski definition) is 1. The summed E-state index contributed by atoms with van der Waals surface area (Å²) in [7, 11) is 0. The van der Waals surface area contributed by atoms with E-state index in [-0.39, 0.29) is 0 Å². The molecule has 0 atom stereocenters. The number of nitrogens with one attached hydrogen (secondary N) is 1. The van der Waals surface area contributed by atoms with E-state index < -0.39 is 0 Å². The lowest BCUT2D eigenvalue weighted by atomic mass is 10.2. The Balaban J connectivity index is 2.19. The van der Waals surface area contributed by atoms with Crippen molar-refractivity contribution in [3.8, 4) is 0 Å². The van der Waals surface area contributed by atoms with E-state index >= 15 is 0 Å². The Morgan fingerprint density at radius 1 is 1.36 bits per heavy atom. The van der Waals surface area contributed by atoms with Gasteiger partial charge in [0.2, 0.25) is 0 Å². The fourth-order valence-electron chi connectivity index (χ4n) is 1.14. The first-order valence-electron chi connectivity index (χ1n) is 4.77. The minimum atomic E-state index is 0.906. The van der Waals surface area contributed by atoms with Crippen LogP contribution in [0.4, 0.5) is 0 Å². The predicted octanol–water partition coefficient (Wildman–Crippen LogP) is 2.86. The molecule has 0 aliphatic rings. The van der Waals surface area contributed by atoms with Gasteiger partial charge in [-0.15, -0.1) is 0 Å². The van der Waals surface area contributed by atoms with Gasteiger partial charge in [-0.2, -0.15) is 0 Å². The molecule has 3 heteroatoms. The third-order valence-electron chi connectivity index (χ3n) is 1.80. The summed E-state index contributed by atoms with van der Waals surface area (Å²) in [5, 5.41) is 3.23.